The minimum Gasteiger partial charge on any atom is -0.507 e. The molecule has 0 atom stereocenters. The molecule has 25 heavy (non-hydrogen) atoms. The van der Waals surface area contributed by atoms with Crippen LogP contribution in [-0.4, -0.2) is 34.4 Å². The lowest BCUT2D eigenvalue weighted by molar-refractivity contribution is -0.114. The van der Waals surface area contributed by atoms with E-state index in [1.807, 2.05) is 36.4 Å². The number of aliphatic imine (C=N–C) groups is 1. The molecule has 0 radical (unpaired) electrons. The largest absolute Gasteiger partial charge is 0.507 e. The van der Waals surface area contributed by atoms with E-state index < -0.39 is 0 Å². The second-order valence-corrected chi connectivity index (χ2v) is 9.23. The number of thioether (sulfide) groups is 1. The van der Waals surface area contributed by atoms with Crippen molar-refractivity contribution in [2.45, 2.75) is 52.4 Å². The zero-order valence-electron chi connectivity index (χ0n) is 16.4. The third kappa shape index (κ3) is 3.92. The van der Waals surface area contributed by atoms with Crippen LogP contribution in [-0.2, 0) is 15.6 Å². The molecular formula is C20H28N2O2S. The van der Waals surface area contributed by atoms with E-state index in [0.29, 0.717) is 16.6 Å². The molecule has 0 spiro atoms. The molecule has 5 heteroatoms. The van der Waals surface area contributed by atoms with Gasteiger partial charge in [-0.3, -0.25) is 4.79 Å². The Labute approximate surface area is 155 Å². The molecule has 0 aromatic heterocycles. The van der Waals surface area contributed by atoms with Gasteiger partial charge in [0, 0.05) is 18.2 Å². The Hall–Kier alpha value is -1.75. The molecular weight excluding hydrogens is 332 g/mol. The van der Waals surface area contributed by atoms with Crippen LogP contribution in [0.4, 0.5) is 0 Å². The summed E-state index contributed by atoms with van der Waals surface area (Å²) in [5.74, 6) is 0.115. The third-order valence-corrected chi connectivity index (χ3v) is 5.03. The fraction of sp³-hybridized carbons (Fsp3) is 0.500. The van der Waals surface area contributed by atoms with Crippen molar-refractivity contribution in [1.29, 1.82) is 0 Å². The van der Waals surface area contributed by atoms with Crippen LogP contribution in [0.2, 0.25) is 0 Å². The van der Waals surface area contributed by atoms with Crippen molar-refractivity contribution in [2.24, 2.45) is 4.99 Å². The van der Waals surface area contributed by atoms with Crippen LogP contribution >= 0.6 is 11.8 Å². The summed E-state index contributed by atoms with van der Waals surface area (Å²) in [6.07, 6.45) is 3.76. The van der Waals surface area contributed by atoms with Gasteiger partial charge in [-0.2, -0.15) is 4.99 Å². The molecule has 2 rings (SSSR count). The minimum atomic E-state index is -0.227. The standard InChI is InChI=1S/C20H28N2O2S/c1-19(2,3)13-9-12(10-14(16(13)23)20(4,5)6)11-15-17(24)21-18(25-8)22(15)7/h9-11,23H,1-8H3/b15-11+. The number of carbonyl (C=O) groups is 1. The highest BCUT2D eigenvalue weighted by Gasteiger charge is 2.28. The summed E-state index contributed by atoms with van der Waals surface area (Å²) < 4.78 is 0. The molecule has 0 fully saturated rings. The summed E-state index contributed by atoms with van der Waals surface area (Å²) in [5, 5.41) is 11.5. The molecule has 4 nitrogen and oxygen atoms in total. The van der Waals surface area contributed by atoms with Crippen LogP contribution in [0.3, 0.4) is 0 Å². The number of hydrogen-bond donors (Lipinski definition) is 1. The molecule has 0 unspecified atom stereocenters. The quantitative estimate of drug-likeness (QED) is 0.748. The highest BCUT2D eigenvalue weighted by Crippen LogP contribution is 2.40. The van der Waals surface area contributed by atoms with E-state index in [1.165, 1.54) is 11.8 Å². The first-order valence-corrected chi connectivity index (χ1v) is 9.59. The monoisotopic (exact) mass is 360 g/mol. The smallest absolute Gasteiger partial charge is 0.296 e. The van der Waals surface area contributed by atoms with Crippen molar-refractivity contribution in [3.05, 3.63) is 34.5 Å². The van der Waals surface area contributed by atoms with Crippen molar-refractivity contribution in [2.75, 3.05) is 13.3 Å². The summed E-state index contributed by atoms with van der Waals surface area (Å²) in [6.45, 7) is 12.5. The molecule has 1 N–H and O–H groups in total. The van der Waals surface area contributed by atoms with Gasteiger partial charge in [0.2, 0.25) is 0 Å². The van der Waals surface area contributed by atoms with Crippen molar-refractivity contribution < 1.29 is 9.90 Å². The number of amidine groups is 1. The Morgan fingerprint density at radius 2 is 1.56 bits per heavy atom. The molecule has 0 aliphatic carbocycles. The fourth-order valence-corrected chi connectivity index (χ4v) is 3.39. The van der Waals surface area contributed by atoms with Gasteiger partial charge >= 0.3 is 0 Å². The number of aromatic hydroxyl groups is 1. The van der Waals surface area contributed by atoms with Crippen LogP contribution in [0.15, 0.2) is 22.8 Å². The zero-order valence-corrected chi connectivity index (χ0v) is 17.2. The van der Waals surface area contributed by atoms with E-state index in [9.17, 15) is 9.90 Å². The van der Waals surface area contributed by atoms with Crippen molar-refractivity contribution in [3.63, 3.8) is 0 Å². The van der Waals surface area contributed by atoms with Crippen LogP contribution < -0.4 is 0 Å². The van der Waals surface area contributed by atoms with Gasteiger partial charge in [-0.15, -0.1) is 0 Å². The van der Waals surface area contributed by atoms with Gasteiger partial charge < -0.3 is 10.0 Å². The van der Waals surface area contributed by atoms with Gasteiger partial charge in [0.1, 0.15) is 11.4 Å². The maximum atomic E-state index is 12.2. The lowest BCUT2D eigenvalue weighted by Gasteiger charge is -2.28. The number of benzene rings is 1. The highest BCUT2D eigenvalue weighted by atomic mass is 32.2. The Morgan fingerprint density at radius 1 is 1.08 bits per heavy atom. The van der Waals surface area contributed by atoms with Gasteiger partial charge in [0.25, 0.3) is 5.91 Å². The van der Waals surface area contributed by atoms with E-state index in [4.69, 9.17) is 0 Å². The summed E-state index contributed by atoms with van der Waals surface area (Å²) >= 11 is 1.45. The normalized spacial score (nSPS) is 17.4. The number of phenols is 1. The average molecular weight is 361 g/mol. The number of phenolic OH excluding ortho intramolecular Hbond substituents is 1. The van der Waals surface area contributed by atoms with E-state index in [1.54, 1.807) is 0 Å². The number of carbonyl (C=O) groups excluding carboxylic acids is 1. The molecule has 0 saturated carbocycles. The highest BCUT2D eigenvalue weighted by molar-refractivity contribution is 8.13. The van der Waals surface area contributed by atoms with Crippen LogP contribution in [0, 0.1) is 0 Å². The molecule has 1 amide bonds. The van der Waals surface area contributed by atoms with Gasteiger partial charge in [0.05, 0.1) is 0 Å². The van der Waals surface area contributed by atoms with Crippen molar-refractivity contribution in [3.8, 4) is 5.75 Å². The Morgan fingerprint density at radius 3 is 1.92 bits per heavy atom. The van der Waals surface area contributed by atoms with Gasteiger partial charge in [-0.1, -0.05) is 53.3 Å². The first-order valence-electron chi connectivity index (χ1n) is 8.36. The average Bonchev–Trinajstić information content (AvgIpc) is 2.73. The van der Waals surface area contributed by atoms with Gasteiger partial charge in [-0.25, -0.2) is 0 Å². The third-order valence-electron chi connectivity index (χ3n) is 4.30. The second kappa shape index (κ2) is 6.52. The predicted molar refractivity (Wildman–Crippen MR) is 107 cm³/mol. The molecule has 1 aromatic rings. The maximum absolute atomic E-state index is 12.2. The summed E-state index contributed by atoms with van der Waals surface area (Å²) in [4.78, 5) is 18.1. The summed E-state index contributed by atoms with van der Waals surface area (Å²) in [5.41, 5.74) is 2.81. The molecule has 1 aromatic carbocycles. The van der Waals surface area contributed by atoms with Crippen molar-refractivity contribution in [1.82, 2.24) is 4.90 Å². The van der Waals surface area contributed by atoms with E-state index in [0.717, 1.165) is 16.7 Å². The molecule has 136 valence electrons. The number of rotatable bonds is 1. The SMILES string of the molecule is CSC1=NC(=O)/C(=C\c2cc(C(C)(C)C)c(O)c(C(C)(C)C)c2)N1C. The Balaban J connectivity index is 2.64. The number of nitrogens with zero attached hydrogens (tertiary/aromatic N) is 2. The Kier molecular flexibility index (Phi) is 5.11. The summed E-state index contributed by atoms with van der Waals surface area (Å²) in [6, 6.07) is 3.94. The molecule has 0 saturated heterocycles. The Bertz CT molecular complexity index is 730. The molecule has 1 heterocycles. The van der Waals surface area contributed by atoms with E-state index in [2.05, 4.69) is 46.5 Å². The first-order chi connectivity index (χ1) is 11.4. The number of amides is 1. The van der Waals surface area contributed by atoms with Crippen molar-refractivity contribution >= 4 is 28.9 Å². The lowest BCUT2D eigenvalue weighted by atomic mass is 9.78. The number of hydrogen-bond acceptors (Lipinski definition) is 4. The van der Waals surface area contributed by atoms with Gasteiger partial charge in [0.15, 0.2) is 5.17 Å². The van der Waals surface area contributed by atoms with Crippen LogP contribution in [0.25, 0.3) is 6.08 Å². The topological polar surface area (TPSA) is 52.9 Å². The van der Waals surface area contributed by atoms with E-state index >= 15 is 0 Å². The molecule has 1 aliphatic rings. The molecule has 1 aliphatic heterocycles. The zero-order chi connectivity index (χ0) is 19.2. The first kappa shape index (κ1) is 19.6. The number of likely N-dealkylation sites (N-methyl/N-ethyl adjacent to an activating group) is 1. The lowest BCUT2D eigenvalue weighted by Crippen LogP contribution is -2.19. The van der Waals surface area contributed by atoms with Crippen LogP contribution in [0.5, 0.6) is 5.75 Å². The van der Waals surface area contributed by atoms with E-state index in [-0.39, 0.29) is 16.7 Å². The van der Waals surface area contributed by atoms with Crippen LogP contribution in [0.1, 0.15) is 58.2 Å². The van der Waals surface area contributed by atoms with Gasteiger partial charge in [-0.05, 0) is 40.9 Å². The fourth-order valence-electron chi connectivity index (χ4n) is 2.85. The maximum Gasteiger partial charge on any atom is 0.296 e. The molecule has 0 bridgehead atoms. The minimum absolute atomic E-state index is 0.203. The second-order valence-electron chi connectivity index (χ2n) is 8.46. The predicted octanol–water partition coefficient (Wildman–Crippen LogP) is 4.52. The summed E-state index contributed by atoms with van der Waals surface area (Å²) in [7, 11) is 1.85.